The summed E-state index contributed by atoms with van der Waals surface area (Å²) in [6, 6.07) is 14.2. The SMILES string of the molecule is COc1ccc(CCOc2ccc(C(C)N)cc2C)cc1. The fraction of sp³-hybridized carbons (Fsp3) is 0.333. The van der Waals surface area contributed by atoms with Gasteiger partial charge in [-0.1, -0.05) is 24.3 Å². The summed E-state index contributed by atoms with van der Waals surface area (Å²) in [4.78, 5) is 0. The van der Waals surface area contributed by atoms with Gasteiger partial charge in [-0.2, -0.15) is 0 Å². The monoisotopic (exact) mass is 285 g/mol. The Kier molecular flexibility index (Phi) is 5.23. The van der Waals surface area contributed by atoms with Gasteiger partial charge in [-0.3, -0.25) is 0 Å². The molecule has 0 saturated carbocycles. The third kappa shape index (κ3) is 4.23. The molecule has 1 unspecified atom stereocenters. The zero-order chi connectivity index (χ0) is 15.2. The molecule has 0 saturated heterocycles. The van der Waals surface area contributed by atoms with Crippen LogP contribution in [-0.4, -0.2) is 13.7 Å². The molecular formula is C18H23NO2. The highest BCUT2D eigenvalue weighted by Crippen LogP contribution is 2.22. The normalized spacial score (nSPS) is 12.0. The zero-order valence-corrected chi connectivity index (χ0v) is 12.9. The largest absolute Gasteiger partial charge is 0.497 e. The number of hydrogen-bond donors (Lipinski definition) is 1. The van der Waals surface area contributed by atoms with Crippen molar-refractivity contribution in [3.05, 3.63) is 59.2 Å². The van der Waals surface area contributed by atoms with Crippen LogP contribution in [0, 0.1) is 6.92 Å². The third-order valence-corrected chi connectivity index (χ3v) is 3.53. The van der Waals surface area contributed by atoms with E-state index in [1.165, 1.54) is 5.56 Å². The van der Waals surface area contributed by atoms with E-state index in [1.54, 1.807) is 7.11 Å². The number of nitrogens with two attached hydrogens (primary N) is 1. The number of aryl methyl sites for hydroxylation is 1. The molecular weight excluding hydrogens is 262 g/mol. The Bertz CT molecular complexity index is 576. The van der Waals surface area contributed by atoms with Crippen molar-refractivity contribution in [1.29, 1.82) is 0 Å². The van der Waals surface area contributed by atoms with Gasteiger partial charge < -0.3 is 15.2 Å². The van der Waals surface area contributed by atoms with E-state index in [1.807, 2.05) is 31.2 Å². The summed E-state index contributed by atoms with van der Waals surface area (Å²) in [5.74, 6) is 1.80. The lowest BCUT2D eigenvalue weighted by Gasteiger charge is -2.12. The van der Waals surface area contributed by atoms with Crippen LogP contribution < -0.4 is 15.2 Å². The Labute approximate surface area is 126 Å². The lowest BCUT2D eigenvalue weighted by Crippen LogP contribution is -2.06. The van der Waals surface area contributed by atoms with Crippen LogP contribution in [0.1, 0.15) is 29.7 Å². The van der Waals surface area contributed by atoms with Gasteiger partial charge in [-0.15, -0.1) is 0 Å². The number of hydrogen-bond acceptors (Lipinski definition) is 3. The molecule has 0 aromatic heterocycles. The molecule has 0 bridgehead atoms. The average Bonchev–Trinajstić information content (AvgIpc) is 2.49. The number of ether oxygens (including phenoxy) is 2. The van der Waals surface area contributed by atoms with Crippen molar-refractivity contribution in [2.24, 2.45) is 5.73 Å². The van der Waals surface area contributed by atoms with Crippen molar-refractivity contribution in [1.82, 2.24) is 0 Å². The molecule has 3 nitrogen and oxygen atoms in total. The van der Waals surface area contributed by atoms with Crippen molar-refractivity contribution in [3.8, 4) is 11.5 Å². The van der Waals surface area contributed by atoms with Gasteiger partial charge in [0.05, 0.1) is 13.7 Å². The van der Waals surface area contributed by atoms with Crippen molar-refractivity contribution < 1.29 is 9.47 Å². The minimum absolute atomic E-state index is 0.0528. The maximum Gasteiger partial charge on any atom is 0.122 e. The molecule has 112 valence electrons. The van der Waals surface area contributed by atoms with Gasteiger partial charge in [0.2, 0.25) is 0 Å². The Morgan fingerprint density at radius 3 is 2.38 bits per heavy atom. The minimum Gasteiger partial charge on any atom is -0.497 e. The molecule has 2 aromatic rings. The average molecular weight is 285 g/mol. The van der Waals surface area contributed by atoms with Crippen LogP contribution >= 0.6 is 0 Å². The van der Waals surface area contributed by atoms with Crippen LogP contribution in [-0.2, 0) is 6.42 Å². The predicted molar refractivity (Wildman–Crippen MR) is 86.0 cm³/mol. The van der Waals surface area contributed by atoms with E-state index < -0.39 is 0 Å². The van der Waals surface area contributed by atoms with Gasteiger partial charge in [0.1, 0.15) is 11.5 Å². The van der Waals surface area contributed by atoms with Crippen LogP contribution in [0.25, 0.3) is 0 Å². The summed E-state index contributed by atoms with van der Waals surface area (Å²) < 4.78 is 11.0. The van der Waals surface area contributed by atoms with E-state index in [9.17, 15) is 0 Å². The number of methoxy groups -OCH3 is 1. The van der Waals surface area contributed by atoms with Gasteiger partial charge in [0, 0.05) is 12.5 Å². The van der Waals surface area contributed by atoms with E-state index in [4.69, 9.17) is 15.2 Å². The molecule has 0 heterocycles. The Balaban J connectivity index is 1.90. The van der Waals surface area contributed by atoms with E-state index >= 15 is 0 Å². The van der Waals surface area contributed by atoms with Crippen molar-refractivity contribution in [2.45, 2.75) is 26.3 Å². The first-order chi connectivity index (χ1) is 10.1. The maximum absolute atomic E-state index is 5.88. The first-order valence-electron chi connectivity index (χ1n) is 7.22. The summed E-state index contributed by atoms with van der Waals surface area (Å²) in [5, 5.41) is 0. The number of benzene rings is 2. The molecule has 0 radical (unpaired) electrons. The molecule has 2 aromatic carbocycles. The topological polar surface area (TPSA) is 44.5 Å². The van der Waals surface area contributed by atoms with Gasteiger partial charge in [0.15, 0.2) is 0 Å². The molecule has 1 atom stereocenters. The molecule has 21 heavy (non-hydrogen) atoms. The third-order valence-electron chi connectivity index (χ3n) is 3.53. The Morgan fingerprint density at radius 1 is 1.10 bits per heavy atom. The smallest absolute Gasteiger partial charge is 0.122 e. The minimum atomic E-state index is 0.0528. The van der Waals surface area contributed by atoms with Crippen LogP contribution in [0.2, 0.25) is 0 Å². The molecule has 2 rings (SSSR count). The summed E-state index contributed by atoms with van der Waals surface area (Å²) in [5.41, 5.74) is 9.38. The molecule has 0 spiro atoms. The lowest BCUT2D eigenvalue weighted by molar-refractivity contribution is 0.319. The molecule has 0 aliphatic heterocycles. The van der Waals surface area contributed by atoms with E-state index in [0.717, 1.165) is 29.0 Å². The fourth-order valence-corrected chi connectivity index (χ4v) is 2.19. The summed E-state index contributed by atoms with van der Waals surface area (Å²) >= 11 is 0. The molecule has 2 N–H and O–H groups in total. The zero-order valence-electron chi connectivity index (χ0n) is 12.9. The highest BCUT2D eigenvalue weighted by Gasteiger charge is 2.04. The highest BCUT2D eigenvalue weighted by atomic mass is 16.5. The van der Waals surface area contributed by atoms with Crippen LogP contribution in [0.15, 0.2) is 42.5 Å². The van der Waals surface area contributed by atoms with Crippen molar-refractivity contribution >= 4 is 0 Å². The second kappa shape index (κ2) is 7.14. The van der Waals surface area contributed by atoms with Gasteiger partial charge in [-0.05, 0) is 48.7 Å². The summed E-state index contributed by atoms with van der Waals surface area (Å²) in [6.45, 7) is 4.69. The van der Waals surface area contributed by atoms with Crippen molar-refractivity contribution in [3.63, 3.8) is 0 Å². The highest BCUT2D eigenvalue weighted by molar-refractivity contribution is 5.37. The van der Waals surface area contributed by atoms with E-state index in [0.29, 0.717) is 6.61 Å². The quantitative estimate of drug-likeness (QED) is 0.881. The molecule has 0 aliphatic carbocycles. The van der Waals surface area contributed by atoms with Gasteiger partial charge >= 0.3 is 0 Å². The summed E-state index contributed by atoms with van der Waals surface area (Å²) in [6.07, 6.45) is 0.873. The second-order valence-corrected chi connectivity index (χ2v) is 5.26. The standard InChI is InChI=1S/C18H23NO2/c1-13-12-16(14(2)19)6-9-18(13)21-11-10-15-4-7-17(20-3)8-5-15/h4-9,12,14H,10-11,19H2,1-3H3. The fourth-order valence-electron chi connectivity index (χ4n) is 2.19. The van der Waals surface area contributed by atoms with Crippen molar-refractivity contribution in [2.75, 3.05) is 13.7 Å². The first kappa shape index (κ1) is 15.4. The molecule has 0 amide bonds. The molecule has 0 aliphatic rings. The van der Waals surface area contributed by atoms with Gasteiger partial charge in [0.25, 0.3) is 0 Å². The Morgan fingerprint density at radius 2 is 1.81 bits per heavy atom. The summed E-state index contributed by atoms with van der Waals surface area (Å²) in [7, 11) is 1.67. The maximum atomic E-state index is 5.88. The van der Waals surface area contributed by atoms with Crippen LogP contribution in [0.5, 0.6) is 11.5 Å². The lowest BCUT2D eigenvalue weighted by atomic mass is 10.1. The predicted octanol–water partition coefficient (Wildman–Crippen LogP) is 3.64. The first-order valence-corrected chi connectivity index (χ1v) is 7.22. The van der Waals surface area contributed by atoms with Crippen LogP contribution in [0.4, 0.5) is 0 Å². The van der Waals surface area contributed by atoms with E-state index in [2.05, 4.69) is 25.1 Å². The van der Waals surface area contributed by atoms with Gasteiger partial charge in [-0.25, -0.2) is 0 Å². The molecule has 3 heteroatoms. The second-order valence-electron chi connectivity index (χ2n) is 5.26. The molecule has 0 fully saturated rings. The Hall–Kier alpha value is -2.00. The van der Waals surface area contributed by atoms with E-state index in [-0.39, 0.29) is 6.04 Å². The number of rotatable bonds is 6. The van der Waals surface area contributed by atoms with Crippen LogP contribution in [0.3, 0.4) is 0 Å².